The Morgan fingerprint density at radius 1 is 0.972 bits per heavy atom. The van der Waals surface area contributed by atoms with Crippen LogP contribution in [0.15, 0.2) is 77.4 Å². The molecule has 2 aliphatic heterocycles. The predicted molar refractivity (Wildman–Crippen MR) is 135 cm³/mol. The van der Waals surface area contributed by atoms with Crippen LogP contribution in [0.4, 0.5) is 5.69 Å². The van der Waals surface area contributed by atoms with E-state index in [-0.39, 0.29) is 30.8 Å². The highest BCUT2D eigenvalue weighted by Crippen LogP contribution is 2.39. The van der Waals surface area contributed by atoms with Gasteiger partial charge in [-0.25, -0.2) is 0 Å². The van der Waals surface area contributed by atoms with E-state index < -0.39 is 5.54 Å². The van der Waals surface area contributed by atoms with Crippen LogP contribution in [0, 0.1) is 0 Å². The van der Waals surface area contributed by atoms with Gasteiger partial charge in [0.05, 0.1) is 30.1 Å². The number of amides is 3. The summed E-state index contributed by atoms with van der Waals surface area (Å²) < 4.78 is 5.26. The molecule has 1 aromatic heterocycles. The Morgan fingerprint density at radius 3 is 2.39 bits per heavy atom. The molecule has 0 radical (unpaired) electrons. The van der Waals surface area contributed by atoms with Crippen LogP contribution in [0.25, 0.3) is 0 Å². The number of benzene rings is 2. The number of nitrogens with zero attached hydrogens (tertiary/aromatic N) is 3. The van der Waals surface area contributed by atoms with Gasteiger partial charge in [-0.15, -0.1) is 0 Å². The van der Waals surface area contributed by atoms with E-state index in [0.29, 0.717) is 48.9 Å². The van der Waals surface area contributed by atoms with Gasteiger partial charge in [-0.1, -0.05) is 41.9 Å². The fourth-order valence-corrected chi connectivity index (χ4v) is 5.25. The molecule has 2 aromatic carbocycles. The summed E-state index contributed by atoms with van der Waals surface area (Å²) >= 11 is 6.25. The molecule has 2 saturated heterocycles. The third-order valence-corrected chi connectivity index (χ3v) is 7.27. The summed E-state index contributed by atoms with van der Waals surface area (Å²) in [4.78, 5) is 45.0. The smallest absolute Gasteiger partial charge is 0.255 e. The maximum atomic E-state index is 13.8. The van der Waals surface area contributed by atoms with Crippen molar-refractivity contribution in [1.82, 2.24) is 15.1 Å². The minimum atomic E-state index is -0.820. The average Bonchev–Trinajstić information content (AvgIpc) is 3.52. The van der Waals surface area contributed by atoms with Crippen LogP contribution in [-0.4, -0.2) is 59.4 Å². The van der Waals surface area contributed by atoms with Gasteiger partial charge in [0.2, 0.25) is 5.91 Å². The number of anilines is 1. The monoisotopic (exact) mass is 506 g/mol. The molecule has 0 aliphatic carbocycles. The van der Waals surface area contributed by atoms with Gasteiger partial charge >= 0.3 is 0 Å². The summed E-state index contributed by atoms with van der Waals surface area (Å²) in [5, 5.41) is 3.23. The summed E-state index contributed by atoms with van der Waals surface area (Å²) in [6.07, 6.45) is 2.47. The number of piperidine rings is 1. The van der Waals surface area contributed by atoms with Crippen LogP contribution in [0.2, 0.25) is 5.02 Å². The molecule has 2 aliphatic rings. The Bertz CT molecular complexity index is 1240. The van der Waals surface area contributed by atoms with Crippen LogP contribution in [0.1, 0.15) is 29.0 Å². The standard InChI is InChI=1S/C27H27ClN4O4/c28-23-11-5-4-10-22(23)25(34)30-14-12-27(13-15-30)26(35)31(19-32(27)20-7-2-1-3-8-20)18-24(33)29-17-21-9-6-16-36-21/h1-11,16H,12-15,17-19H2,(H,29,33). The van der Waals surface area contributed by atoms with Crippen molar-refractivity contribution in [3.8, 4) is 0 Å². The fourth-order valence-electron chi connectivity index (χ4n) is 5.04. The highest BCUT2D eigenvalue weighted by atomic mass is 35.5. The third kappa shape index (κ3) is 4.56. The first-order chi connectivity index (χ1) is 17.5. The summed E-state index contributed by atoms with van der Waals surface area (Å²) in [6.45, 7) is 1.35. The Balaban J connectivity index is 1.32. The van der Waals surface area contributed by atoms with Gasteiger partial charge in [-0.05, 0) is 49.2 Å². The van der Waals surface area contributed by atoms with Gasteiger partial charge < -0.3 is 24.4 Å². The molecule has 1 spiro atoms. The van der Waals surface area contributed by atoms with Crippen molar-refractivity contribution in [2.24, 2.45) is 0 Å². The lowest BCUT2D eigenvalue weighted by Gasteiger charge is -2.43. The molecule has 1 N–H and O–H groups in total. The van der Waals surface area contributed by atoms with E-state index >= 15 is 0 Å². The molecule has 0 unspecified atom stereocenters. The van der Waals surface area contributed by atoms with Crippen molar-refractivity contribution in [3.05, 3.63) is 89.3 Å². The molecule has 3 heterocycles. The normalized spacial score (nSPS) is 17.0. The van der Waals surface area contributed by atoms with E-state index in [1.807, 2.05) is 30.3 Å². The first-order valence-electron chi connectivity index (χ1n) is 11.9. The van der Waals surface area contributed by atoms with Crippen LogP contribution in [0.5, 0.6) is 0 Å². The van der Waals surface area contributed by atoms with Crippen molar-refractivity contribution in [3.63, 3.8) is 0 Å². The molecule has 186 valence electrons. The van der Waals surface area contributed by atoms with E-state index in [4.69, 9.17) is 16.0 Å². The van der Waals surface area contributed by atoms with Crippen molar-refractivity contribution < 1.29 is 18.8 Å². The molecule has 3 aromatic rings. The number of nitrogens with one attached hydrogen (secondary N) is 1. The fraction of sp³-hybridized carbons (Fsp3) is 0.296. The first-order valence-corrected chi connectivity index (χ1v) is 12.3. The largest absolute Gasteiger partial charge is 0.467 e. The van der Waals surface area contributed by atoms with Crippen molar-refractivity contribution in [2.45, 2.75) is 24.9 Å². The zero-order valence-corrected chi connectivity index (χ0v) is 20.5. The molecular formula is C27H27ClN4O4. The maximum Gasteiger partial charge on any atom is 0.255 e. The van der Waals surface area contributed by atoms with Gasteiger partial charge in [0.15, 0.2) is 0 Å². The second kappa shape index (κ2) is 10.1. The molecule has 2 fully saturated rings. The van der Waals surface area contributed by atoms with Gasteiger partial charge in [0, 0.05) is 18.8 Å². The third-order valence-electron chi connectivity index (χ3n) is 6.94. The average molecular weight is 507 g/mol. The van der Waals surface area contributed by atoms with Crippen molar-refractivity contribution in [2.75, 3.05) is 31.2 Å². The lowest BCUT2D eigenvalue weighted by molar-refractivity contribution is -0.137. The molecule has 0 atom stereocenters. The summed E-state index contributed by atoms with van der Waals surface area (Å²) in [5.41, 5.74) is 0.553. The van der Waals surface area contributed by atoms with E-state index in [0.717, 1.165) is 5.69 Å². The highest BCUT2D eigenvalue weighted by Gasteiger charge is 2.54. The molecule has 36 heavy (non-hydrogen) atoms. The van der Waals surface area contributed by atoms with Crippen LogP contribution in [-0.2, 0) is 16.1 Å². The molecule has 8 nitrogen and oxygen atoms in total. The molecule has 3 amide bonds. The van der Waals surface area contributed by atoms with Crippen molar-refractivity contribution >= 4 is 35.0 Å². The summed E-state index contributed by atoms with van der Waals surface area (Å²) in [7, 11) is 0. The Kier molecular flexibility index (Phi) is 6.69. The van der Waals surface area contributed by atoms with Gasteiger partial charge in [-0.3, -0.25) is 14.4 Å². The van der Waals surface area contributed by atoms with Gasteiger partial charge in [-0.2, -0.15) is 0 Å². The van der Waals surface area contributed by atoms with Crippen molar-refractivity contribution in [1.29, 1.82) is 0 Å². The number of carbonyl (C=O) groups is 3. The molecule has 0 saturated carbocycles. The number of hydrogen-bond donors (Lipinski definition) is 1. The second-order valence-electron chi connectivity index (χ2n) is 9.07. The van der Waals surface area contributed by atoms with E-state index in [2.05, 4.69) is 10.2 Å². The van der Waals surface area contributed by atoms with Crippen LogP contribution < -0.4 is 10.2 Å². The molecular weight excluding hydrogens is 480 g/mol. The topological polar surface area (TPSA) is 86.1 Å². The Hall–Kier alpha value is -3.78. The number of carbonyl (C=O) groups excluding carboxylic acids is 3. The van der Waals surface area contributed by atoms with E-state index in [9.17, 15) is 14.4 Å². The first kappa shape index (κ1) is 23.9. The summed E-state index contributed by atoms with van der Waals surface area (Å²) in [6, 6.07) is 20.3. The maximum absolute atomic E-state index is 13.8. The lowest BCUT2D eigenvalue weighted by Crippen LogP contribution is -2.57. The van der Waals surface area contributed by atoms with E-state index in [1.54, 1.807) is 52.5 Å². The summed E-state index contributed by atoms with van der Waals surface area (Å²) in [5.74, 6) is 0.163. The highest BCUT2D eigenvalue weighted by molar-refractivity contribution is 6.33. The minimum Gasteiger partial charge on any atom is -0.467 e. The quantitative estimate of drug-likeness (QED) is 0.553. The number of halogens is 1. The molecule has 5 rings (SSSR count). The Morgan fingerprint density at radius 2 is 1.69 bits per heavy atom. The second-order valence-corrected chi connectivity index (χ2v) is 9.48. The Labute approximate surface area is 214 Å². The number of hydrogen-bond acceptors (Lipinski definition) is 5. The number of likely N-dealkylation sites (tertiary alicyclic amines) is 1. The number of furan rings is 1. The van der Waals surface area contributed by atoms with Gasteiger partial charge in [0.1, 0.15) is 17.8 Å². The van der Waals surface area contributed by atoms with Gasteiger partial charge in [0.25, 0.3) is 11.8 Å². The molecule has 0 bridgehead atoms. The predicted octanol–water partition coefficient (Wildman–Crippen LogP) is 3.53. The van der Waals surface area contributed by atoms with Crippen LogP contribution >= 0.6 is 11.6 Å². The van der Waals surface area contributed by atoms with Crippen LogP contribution in [0.3, 0.4) is 0 Å². The minimum absolute atomic E-state index is 0.0487. The van der Waals surface area contributed by atoms with E-state index in [1.165, 1.54) is 0 Å². The molecule has 9 heteroatoms. The number of para-hydroxylation sites is 1. The zero-order valence-electron chi connectivity index (χ0n) is 19.7. The number of rotatable bonds is 6. The lowest BCUT2D eigenvalue weighted by atomic mass is 9.85. The zero-order chi connectivity index (χ0) is 25.1. The SMILES string of the molecule is O=C(CN1CN(c2ccccc2)C2(CCN(C(=O)c3ccccc3Cl)CC2)C1=O)NCc1ccco1.